The number of methoxy groups -OCH3 is 1. The van der Waals surface area contributed by atoms with E-state index >= 15 is 0 Å². The number of hydrogen-bond donors (Lipinski definition) is 0. The number of pyridine rings is 1. The number of carbonyl (C=O) groups is 1. The van der Waals surface area contributed by atoms with Gasteiger partial charge in [-0.15, -0.1) is 0 Å². The molecule has 0 aromatic carbocycles. The van der Waals surface area contributed by atoms with Crippen LogP contribution in [0.15, 0.2) is 6.20 Å². The zero-order valence-electron chi connectivity index (χ0n) is 10.0. The lowest BCUT2D eigenvalue weighted by Crippen LogP contribution is -2.16. The van der Waals surface area contributed by atoms with Gasteiger partial charge in [-0.25, -0.2) is 8.78 Å². The van der Waals surface area contributed by atoms with Gasteiger partial charge >= 0.3 is 12.1 Å². The molecule has 0 unspecified atom stereocenters. The van der Waals surface area contributed by atoms with Gasteiger partial charge in [-0.05, 0) is 18.1 Å². The normalized spacial score (nSPS) is 11.8. The minimum atomic E-state index is -4.77. The fourth-order valence-electron chi connectivity index (χ4n) is 1.59. The van der Waals surface area contributed by atoms with E-state index in [0.717, 1.165) is 14.0 Å². The first-order chi connectivity index (χ1) is 8.68. The van der Waals surface area contributed by atoms with Crippen molar-refractivity contribution in [3.8, 4) is 0 Å². The maximum atomic E-state index is 12.7. The number of aromatic nitrogens is 1. The fourth-order valence-corrected chi connectivity index (χ4v) is 1.59. The lowest BCUT2D eigenvalue weighted by atomic mass is 9.99. The molecular formula is C11H10F5NO2. The van der Waals surface area contributed by atoms with Crippen molar-refractivity contribution in [3.05, 3.63) is 28.6 Å². The third-order valence-electron chi connectivity index (χ3n) is 2.54. The molecule has 0 fully saturated rings. The fraction of sp³-hybridized carbons (Fsp3) is 0.455. The van der Waals surface area contributed by atoms with E-state index in [1.807, 2.05) is 0 Å². The Balaban J connectivity index is 3.40. The maximum absolute atomic E-state index is 12.7. The molecule has 0 aliphatic heterocycles. The lowest BCUT2D eigenvalue weighted by molar-refractivity contribution is -0.142. The third-order valence-corrected chi connectivity index (χ3v) is 2.54. The minimum Gasteiger partial charge on any atom is -0.469 e. The molecule has 1 aromatic rings. The number of nitrogens with zero attached hydrogens (tertiary/aromatic N) is 1. The van der Waals surface area contributed by atoms with E-state index < -0.39 is 47.4 Å². The van der Waals surface area contributed by atoms with Crippen molar-refractivity contribution in [1.29, 1.82) is 0 Å². The summed E-state index contributed by atoms with van der Waals surface area (Å²) in [5.74, 6) is -0.899. The second kappa shape index (κ2) is 5.50. The number of ether oxygens (including phenoxy) is 1. The number of halogens is 5. The van der Waals surface area contributed by atoms with E-state index in [0.29, 0.717) is 6.20 Å². The third kappa shape index (κ3) is 3.39. The first kappa shape index (κ1) is 15.3. The number of alkyl halides is 5. The SMILES string of the molecule is COC(=O)Cc1c(C(F)F)cnc(C(F)(F)F)c1C. The van der Waals surface area contributed by atoms with Gasteiger partial charge in [0.2, 0.25) is 0 Å². The van der Waals surface area contributed by atoms with Crippen LogP contribution >= 0.6 is 0 Å². The Kier molecular flexibility index (Phi) is 4.43. The topological polar surface area (TPSA) is 39.2 Å². The summed E-state index contributed by atoms with van der Waals surface area (Å²) < 4.78 is 67.6. The van der Waals surface area contributed by atoms with Crippen molar-refractivity contribution < 1.29 is 31.5 Å². The Morgan fingerprint density at radius 3 is 2.42 bits per heavy atom. The molecule has 0 saturated carbocycles. The highest BCUT2D eigenvalue weighted by Gasteiger charge is 2.36. The quantitative estimate of drug-likeness (QED) is 0.632. The zero-order valence-corrected chi connectivity index (χ0v) is 10.0. The van der Waals surface area contributed by atoms with Crippen LogP contribution in [0.3, 0.4) is 0 Å². The molecule has 0 bridgehead atoms. The van der Waals surface area contributed by atoms with Crippen LogP contribution in [-0.2, 0) is 22.1 Å². The molecule has 0 aliphatic rings. The minimum absolute atomic E-state index is 0.399. The lowest BCUT2D eigenvalue weighted by Gasteiger charge is -2.16. The van der Waals surface area contributed by atoms with E-state index in [2.05, 4.69) is 9.72 Å². The van der Waals surface area contributed by atoms with Crippen LogP contribution in [-0.4, -0.2) is 18.1 Å². The first-order valence-electron chi connectivity index (χ1n) is 5.09. The highest BCUT2D eigenvalue weighted by molar-refractivity contribution is 5.73. The highest BCUT2D eigenvalue weighted by atomic mass is 19.4. The predicted octanol–water partition coefficient (Wildman–Crippen LogP) is 3.06. The summed E-state index contributed by atoms with van der Waals surface area (Å²) in [5, 5.41) is 0. The van der Waals surface area contributed by atoms with Gasteiger partial charge < -0.3 is 4.74 Å². The van der Waals surface area contributed by atoms with Gasteiger partial charge in [0.1, 0.15) is 5.69 Å². The zero-order chi connectivity index (χ0) is 14.8. The molecule has 0 N–H and O–H groups in total. The number of carbonyl (C=O) groups excluding carboxylic acids is 1. The number of hydrogen-bond acceptors (Lipinski definition) is 3. The van der Waals surface area contributed by atoms with E-state index in [9.17, 15) is 26.7 Å². The van der Waals surface area contributed by atoms with Gasteiger partial charge in [0, 0.05) is 11.8 Å². The van der Waals surface area contributed by atoms with Crippen molar-refractivity contribution in [2.45, 2.75) is 25.9 Å². The molecule has 8 heteroatoms. The monoisotopic (exact) mass is 283 g/mol. The molecule has 0 amide bonds. The Bertz CT molecular complexity index is 485. The van der Waals surface area contributed by atoms with Crippen LogP contribution in [0.5, 0.6) is 0 Å². The van der Waals surface area contributed by atoms with Crippen LogP contribution in [0.25, 0.3) is 0 Å². The molecule has 0 atom stereocenters. The van der Waals surface area contributed by atoms with E-state index in [-0.39, 0.29) is 0 Å². The molecule has 0 spiro atoms. The van der Waals surface area contributed by atoms with Gasteiger partial charge in [0.05, 0.1) is 13.5 Å². The van der Waals surface area contributed by atoms with Crippen LogP contribution in [0.2, 0.25) is 0 Å². The summed E-state index contributed by atoms with van der Waals surface area (Å²) in [4.78, 5) is 14.1. The average molecular weight is 283 g/mol. The van der Waals surface area contributed by atoms with Crippen LogP contribution in [0, 0.1) is 6.92 Å². The van der Waals surface area contributed by atoms with Gasteiger partial charge in [-0.3, -0.25) is 9.78 Å². The van der Waals surface area contributed by atoms with Crippen molar-refractivity contribution in [2.75, 3.05) is 7.11 Å². The molecule has 0 aliphatic carbocycles. The van der Waals surface area contributed by atoms with Crippen LogP contribution in [0.1, 0.15) is 28.8 Å². The summed E-state index contributed by atoms with van der Waals surface area (Å²) in [6, 6.07) is 0. The van der Waals surface area contributed by atoms with Gasteiger partial charge in [-0.1, -0.05) is 0 Å². The average Bonchev–Trinajstić information content (AvgIpc) is 2.29. The molecule has 19 heavy (non-hydrogen) atoms. The first-order valence-corrected chi connectivity index (χ1v) is 5.09. The van der Waals surface area contributed by atoms with E-state index in [1.54, 1.807) is 0 Å². The number of rotatable bonds is 3. The summed E-state index contributed by atoms with van der Waals surface area (Å²) in [6.45, 7) is 1.000. The predicted molar refractivity (Wildman–Crippen MR) is 54.7 cm³/mol. The van der Waals surface area contributed by atoms with Crippen molar-refractivity contribution in [2.24, 2.45) is 0 Å². The van der Waals surface area contributed by atoms with Crippen molar-refractivity contribution in [1.82, 2.24) is 4.98 Å². The van der Waals surface area contributed by atoms with Gasteiger partial charge in [-0.2, -0.15) is 13.2 Å². The molecule has 3 nitrogen and oxygen atoms in total. The molecule has 0 radical (unpaired) electrons. The maximum Gasteiger partial charge on any atom is 0.433 e. The molecule has 1 heterocycles. The Morgan fingerprint density at radius 1 is 1.42 bits per heavy atom. The number of esters is 1. The van der Waals surface area contributed by atoms with Crippen LogP contribution in [0.4, 0.5) is 22.0 Å². The summed E-state index contributed by atoms with van der Waals surface area (Å²) >= 11 is 0. The van der Waals surface area contributed by atoms with E-state index in [1.165, 1.54) is 0 Å². The Hall–Kier alpha value is -1.73. The molecule has 106 valence electrons. The Labute approximate surface area is 105 Å². The standard InChI is InChI=1S/C11H10F5NO2/c1-5-6(3-8(18)19-2)7(10(12)13)4-17-9(5)11(14,15)16/h4,10H,3H2,1-2H3. The molecule has 1 rings (SSSR count). The molecule has 0 saturated heterocycles. The van der Waals surface area contributed by atoms with E-state index in [4.69, 9.17) is 0 Å². The second-order valence-corrected chi connectivity index (χ2v) is 3.72. The van der Waals surface area contributed by atoms with Crippen molar-refractivity contribution in [3.63, 3.8) is 0 Å². The summed E-state index contributed by atoms with van der Waals surface area (Å²) in [5.41, 5.74) is -2.87. The van der Waals surface area contributed by atoms with Gasteiger partial charge in [0.25, 0.3) is 6.43 Å². The molecular weight excluding hydrogens is 273 g/mol. The summed E-state index contributed by atoms with van der Waals surface area (Å²) in [7, 11) is 1.02. The highest BCUT2D eigenvalue weighted by Crippen LogP contribution is 2.34. The van der Waals surface area contributed by atoms with Crippen molar-refractivity contribution >= 4 is 5.97 Å². The molecule has 1 aromatic heterocycles. The van der Waals surface area contributed by atoms with Crippen LogP contribution < -0.4 is 0 Å². The smallest absolute Gasteiger partial charge is 0.433 e. The summed E-state index contributed by atoms with van der Waals surface area (Å²) in [6.07, 6.45) is -8.00. The van der Waals surface area contributed by atoms with Gasteiger partial charge in [0.15, 0.2) is 0 Å². The largest absolute Gasteiger partial charge is 0.469 e. The Morgan fingerprint density at radius 2 is 2.00 bits per heavy atom. The second-order valence-electron chi connectivity index (χ2n) is 3.72.